The van der Waals surface area contributed by atoms with Crippen LogP contribution in [-0.2, 0) is 19.9 Å². The minimum atomic E-state index is -1.34. The molecule has 1 fully saturated rings. The molecular formula is C23H24Cl2N4O4. The van der Waals surface area contributed by atoms with E-state index in [0.717, 1.165) is 5.56 Å². The minimum Gasteiger partial charge on any atom is -0.495 e. The van der Waals surface area contributed by atoms with E-state index in [1.165, 1.54) is 7.11 Å². The molecule has 0 bridgehead atoms. The van der Waals surface area contributed by atoms with Gasteiger partial charge in [0.2, 0.25) is 17.7 Å². The maximum atomic E-state index is 13.6. The number of carbonyl (C=O) groups is 3. The SMILES string of the molecule is COc1ccc(Cl)cc1NC(=O)C1CC(CCC(N)=O)NC12C(=O)Nc1c(Cl)cc(C)cc12. The van der Waals surface area contributed by atoms with Crippen molar-refractivity contribution in [3.05, 3.63) is 51.5 Å². The first kappa shape index (κ1) is 23.4. The van der Waals surface area contributed by atoms with Crippen LogP contribution < -0.4 is 26.4 Å². The van der Waals surface area contributed by atoms with Gasteiger partial charge in [-0.1, -0.05) is 29.3 Å². The number of anilines is 2. The first-order chi connectivity index (χ1) is 15.6. The van der Waals surface area contributed by atoms with E-state index in [4.69, 9.17) is 33.7 Å². The molecule has 3 atom stereocenters. The van der Waals surface area contributed by atoms with Crippen LogP contribution in [0.2, 0.25) is 10.0 Å². The Kier molecular flexibility index (Phi) is 6.26. The van der Waals surface area contributed by atoms with Crippen molar-refractivity contribution >= 4 is 52.3 Å². The number of amides is 3. The number of hydrogen-bond donors (Lipinski definition) is 4. The molecule has 8 nitrogen and oxygen atoms in total. The predicted octanol–water partition coefficient (Wildman–Crippen LogP) is 3.34. The van der Waals surface area contributed by atoms with Crippen LogP contribution in [0.5, 0.6) is 5.75 Å². The molecule has 3 unspecified atom stereocenters. The number of primary amides is 1. The summed E-state index contributed by atoms with van der Waals surface area (Å²) >= 11 is 12.5. The highest BCUT2D eigenvalue weighted by Gasteiger charge is 2.60. The molecule has 174 valence electrons. The third-order valence-electron chi connectivity index (χ3n) is 6.21. The first-order valence-corrected chi connectivity index (χ1v) is 11.2. The summed E-state index contributed by atoms with van der Waals surface area (Å²) in [5.41, 5.74) is 6.33. The van der Waals surface area contributed by atoms with Crippen LogP contribution in [0.4, 0.5) is 11.4 Å². The maximum Gasteiger partial charge on any atom is 0.250 e. The summed E-state index contributed by atoms with van der Waals surface area (Å²) in [5, 5.41) is 9.87. The Hall–Kier alpha value is -2.81. The number of rotatable bonds is 6. The lowest BCUT2D eigenvalue weighted by Crippen LogP contribution is -2.52. The van der Waals surface area contributed by atoms with Gasteiger partial charge >= 0.3 is 0 Å². The van der Waals surface area contributed by atoms with E-state index in [2.05, 4.69) is 16.0 Å². The number of halogens is 2. The Morgan fingerprint density at radius 3 is 2.73 bits per heavy atom. The second-order valence-electron chi connectivity index (χ2n) is 8.40. The van der Waals surface area contributed by atoms with Crippen LogP contribution in [0.25, 0.3) is 0 Å². The number of benzene rings is 2. The zero-order valence-electron chi connectivity index (χ0n) is 18.1. The molecule has 1 saturated heterocycles. The second-order valence-corrected chi connectivity index (χ2v) is 9.24. The monoisotopic (exact) mass is 490 g/mol. The van der Waals surface area contributed by atoms with Gasteiger partial charge < -0.3 is 21.1 Å². The van der Waals surface area contributed by atoms with Gasteiger partial charge in [0.25, 0.3) is 0 Å². The molecule has 2 aromatic rings. The fourth-order valence-corrected chi connectivity index (χ4v) is 5.25. The van der Waals surface area contributed by atoms with E-state index in [1.807, 2.05) is 13.0 Å². The quantitative estimate of drug-likeness (QED) is 0.494. The molecule has 0 saturated carbocycles. The lowest BCUT2D eigenvalue weighted by molar-refractivity contribution is -0.130. The first-order valence-electron chi connectivity index (χ1n) is 10.5. The van der Waals surface area contributed by atoms with Gasteiger partial charge in [-0.3, -0.25) is 19.7 Å². The van der Waals surface area contributed by atoms with E-state index < -0.39 is 17.4 Å². The van der Waals surface area contributed by atoms with Crippen LogP contribution in [-0.4, -0.2) is 30.9 Å². The molecule has 4 rings (SSSR count). The second kappa shape index (κ2) is 8.85. The van der Waals surface area contributed by atoms with E-state index in [-0.39, 0.29) is 24.3 Å². The topological polar surface area (TPSA) is 123 Å². The third-order valence-corrected chi connectivity index (χ3v) is 6.74. The fourth-order valence-electron chi connectivity index (χ4n) is 4.75. The number of ether oxygens (including phenoxy) is 1. The number of fused-ring (bicyclic) bond motifs is 2. The Bertz CT molecular complexity index is 1160. The summed E-state index contributed by atoms with van der Waals surface area (Å²) in [7, 11) is 1.49. The van der Waals surface area contributed by atoms with Crippen LogP contribution in [0, 0.1) is 12.8 Å². The Balaban J connectivity index is 1.75. The maximum absolute atomic E-state index is 13.6. The van der Waals surface area contributed by atoms with Crippen LogP contribution >= 0.6 is 23.2 Å². The highest BCUT2D eigenvalue weighted by atomic mass is 35.5. The molecule has 1 spiro atoms. The summed E-state index contributed by atoms with van der Waals surface area (Å²) < 4.78 is 5.34. The van der Waals surface area contributed by atoms with Crippen molar-refractivity contribution in [1.82, 2.24) is 5.32 Å². The molecule has 2 heterocycles. The molecule has 0 aliphatic carbocycles. The van der Waals surface area contributed by atoms with Gasteiger partial charge in [-0.05, 0) is 49.6 Å². The number of carbonyl (C=O) groups excluding carboxylic acids is 3. The molecule has 2 aliphatic heterocycles. The van der Waals surface area contributed by atoms with Crippen molar-refractivity contribution in [2.75, 3.05) is 17.7 Å². The number of aryl methyl sites for hydroxylation is 1. The lowest BCUT2D eigenvalue weighted by Gasteiger charge is -2.29. The van der Waals surface area contributed by atoms with Gasteiger partial charge in [-0.15, -0.1) is 0 Å². The summed E-state index contributed by atoms with van der Waals surface area (Å²) in [5.74, 6) is -1.56. The van der Waals surface area contributed by atoms with Crippen molar-refractivity contribution in [3.63, 3.8) is 0 Å². The lowest BCUT2D eigenvalue weighted by atomic mass is 9.79. The zero-order valence-corrected chi connectivity index (χ0v) is 19.6. The highest BCUT2D eigenvalue weighted by Crippen LogP contribution is 2.50. The molecule has 0 aromatic heterocycles. The zero-order chi connectivity index (χ0) is 23.9. The molecule has 10 heteroatoms. The standard InChI is InChI=1S/C23H24Cl2N4O4/c1-11-7-14-20(16(25)8-11)28-22(32)23(14)15(10-13(29-23)4-6-19(26)30)21(31)27-17-9-12(24)3-5-18(17)33-2/h3,5,7-9,13,15,29H,4,6,10H2,1-2H3,(H2,26,30)(H,27,31)(H,28,32). The van der Waals surface area contributed by atoms with Crippen molar-refractivity contribution in [2.45, 2.75) is 37.8 Å². The van der Waals surface area contributed by atoms with Gasteiger partial charge in [0.15, 0.2) is 0 Å². The summed E-state index contributed by atoms with van der Waals surface area (Å²) in [6, 6.07) is 8.21. The van der Waals surface area contributed by atoms with E-state index in [9.17, 15) is 14.4 Å². The molecular weight excluding hydrogens is 467 g/mol. The minimum absolute atomic E-state index is 0.132. The number of nitrogens with two attached hydrogens (primary N) is 1. The van der Waals surface area contributed by atoms with Gasteiger partial charge in [-0.25, -0.2) is 0 Å². The number of nitrogens with one attached hydrogen (secondary N) is 3. The number of methoxy groups -OCH3 is 1. The van der Waals surface area contributed by atoms with E-state index >= 15 is 0 Å². The van der Waals surface area contributed by atoms with Crippen molar-refractivity contribution < 1.29 is 19.1 Å². The molecule has 2 aliphatic rings. The van der Waals surface area contributed by atoms with Gasteiger partial charge in [0.1, 0.15) is 11.3 Å². The van der Waals surface area contributed by atoms with Crippen molar-refractivity contribution in [3.8, 4) is 5.75 Å². The van der Waals surface area contributed by atoms with Crippen molar-refractivity contribution in [2.24, 2.45) is 11.7 Å². The van der Waals surface area contributed by atoms with Gasteiger partial charge in [-0.2, -0.15) is 0 Å². The van der Waals surface area contributed by atoms with Gasteiger partial charge in [0, 0.05) is 23.0 Å². The highest BCUT2D eigenvalue weighted by molar-refractivity contribution is 6.35. The molecule has 2 aromatic carbocycles. The van der Waals surface area contributed by atoms with Crippen LogP contribution in [0.3, 0.4) is 0 Å². The van der Waals surface area contributed by atoms with Gasteiger partial charge in [0.05, 0.1) is 29.4 Å². The normalized spacial score (nSPS) is 23.3. The summed E-state index contributed by atoms with van der Waals surface area (Å²) in [6.07, 6.45) is 0.844. The summed E-state index contributed by atoms with van der Waals surface area (Å²) in [6.45, 7) is 1.87. The average molecular weight is 491 g/mol. The molecule has 0 radical (unpaired) electrons. The van der Waals surface area contributed by atoms with E-state index in [1.54, 1.807) is 24.3 Å². The average Bonchev–Trinajstić information content (AvgIpc) is 3.27. The van der Waals surface area contributed by atoms with Crippen molar-refractivity contribution in [1.29, 1.82) is 0 Å². The predicted molar refractivity (Wildman–Crippen MR) is 127 cm³/mol. The third kappa shape index (κ3) is 4.14. The molecule has 33 heavy (non-hydrogen) atoms. The summed E-state index contributed by atoms with van der Waals surface area (Å²) in [4.78, 5) is 38.4. The fraction of sp³-hybridized carbons (Fsp3) is 0.348. The molecule has 5 N–H and O–H groups in total. The Labute approximate surface area is 201 Å². The van der Waals surface area contributed by atoms with Crippen LogP contribution in [0.15, 0.2) is 30.3 Å². The smallest absolute Gasteiger partial charge is 0.250 e. The van der Waals surface area contributed by atoms with Crippen LogP contribution in [0.1, 0.15) is 30.4 Å². The largest absolute Gasteiger partial charge is 0.495 e. The number of hydrogen-bond acceptors (Lipinski definition) is 5. The molecule has 3 amide bonds. The Morgan fingerprint density at radius 1 is 1.27 bits per heavy atom. The van der Waals surface area contributed by atoms with E-state index in [0.29, 0.717) is 45.6 Å². The Morgan fingerprint density at radius 2 is 2.03 bits per heavy atom.